The Morgan fingerprint density at radius 3 is 2.29 bits per heavy atom. The third kappa shape index (κ3) is 5.33. The molecule has 2 aromatic carbocycles. The van der Waals surface area contributed by atoms with Crippen LogP contribution in [0.15, 0.2) is 42.5 Å². The lowest BCUT2D eigenvalue weighted by Crippen LogP contribution is -2.56. The first-order valence-corrected chi connectivity index (χ1v) is 12.7. The molecule has 1 aliphatic heterocycles. The van der Waals surface area contributed by atoms with Gasteiger partial charge in [-0.05, 0) is 61.7 Å². The highest BCUT2D eigenvalue weighted by molar-refractivity contribution is 7.92. The number of piperazine rings is 1. The number of carbonyl (C=O) groups is 1. The molecule has 1 unspecified atom stereocenters. The van der Waals surface area contributed by atoms with Gasteiger partial charge in [-0.25, -0.2) is 8.42 Å². The van der Waals surface area contributed by atoms with Crippen molar-refractivity contribution in [1.29, 1.82) is 0 Å². The van der Waals surface area contributed by atoms with Crippen LogP contribution in [0.25, 0.3) is 0 Å². The number of carbonyl (C=O) groups excluding carboxylic acids is 1. The fraction of sp³-hybridized carbons (Fsp3) is 0.435. The highest BCUT2D eigenvalue weighted by Gasteiger charge is 2.35. The first-order valence-electron chi connectivity index (χ1n) is 10.5. The van der Waals surface area contributed by atoms with Crippen molar-refractivity contribution in [3.8, 4) is 0 Å². The number of benzene rings is 2. The third-order valence-electron chi connectivity index (χ3n) is 5.82. The van der Waals surface area contributed by atoms with Crippen LogP contribution in [0, 0.1) is 13.8 Å². The fourth-order valence-electron chi connectivity index (χ4n) is 3.97. The Balaban J connectivity index is 1.80. The van der Waals surface area contributed by atoms with Crippen molar-refractivity contribution in [3.05, 3.63) is 58.6 Å². The number of nitrogens with zero attached hydrogens (tertiary/aromatic N) is 3. The smallest absolute Gasteiger partial charge is 0.246 e. The van der Waals surface area contributed by atoms with Gasteiger partial charge < -0.3 is 9.80 Å². The summed E-state index contributed by atoms with van der Waals surface area (Å²) in [5, 5.41) is 0.680. The number of anilines is 2. The van der Waals surface area contributed by atoms with E-state index in [1.807, 2.05) is 57.2 Å². The zero-order valence-corrected chi connectivity index (χ0v) is 20.1. The molecule has 6 nitrogen and oxygen atoms in total. The van der Waals surface area contributed by atoms with Gasteiger partial charge in [0, 0.05) is 36.9 Å². The summed E-state index contributed by atoms with van der Waals surface area (Å²) in [6.45, 7) is 8.18. The van der Waals surface area contributed by atoms with Crippen molar-refractivity contribution in [2.45, 2.75) is 33.2 Å². The number of sulfonamides is 1. The summed E-state index contributed by atoms with van der Waals surface area (Å²) in [5.74, 6) is -0.156. The lowest BCUT2D eigenvalue weighted by molar-refractivity contribution is -0.132. The molecule has 1 fully saturated rings. The van der Waals surface area contributed by atoms with Crippen LogP contribution in [0.2, 0.25) is 5.02 Å². The van der Waals surface area contributed by atoms with Crippen LogP contribution in [0.3, 0.4) is 0 Å². The summed E-state index contributed by atoms with van der Waals surface area (Å²) < 4.78 is 26.7. The standard InChI is InChI=1S/C23H30ClN3O3S/c1-5-22(27(31(4,29)30)21-10-9-17(2)18(3)15-21)23(28)26-13-11-25(12-14-26)20-8-6-7-19(24)16-20/h6-10,15-16,22H,5,11-14H2,1-4H3. The van der Waals surface area contributed by atoms with E-state index in [4.69, 9.17) is 11.6 Å². The van der Waals surface area contributed by atoms with Gasteiger partial charge >= 0.3 is 0 Å². The Bertz CT molecular complexity index is 1050. The molecule has 1 aliphatic rings. The summed E-state index contributed by atoms with van der Waals surface area (Å²) >= 11 is 6.11. The molecule has 1 heterocycles. The molecule has 1 atom stereocenters. The largest absolute Gasteiger partial charge is 0.368 e. The molecule has 3 rings (SSSR count). The van der Waals surface area contributed by atoms with Gasteiger partial charge in [-0.2, -0.15) is 0 Å². The van der Waals surface area contributed by atoms with Gasteiger partial charge in [-0.15, -0.1) is 0 Å². The molecule has 0 aliphatic carbocycles. The Morgan fingerprint density at radius 1 is 1.06 bits per heavy atom. The number of hydrogen-bond acceptors (Lipinski definition) is 4. The molecular weight excluding hydrogens is 434 g/mol. The summed E-state index contributed by atoms with van der Waals surface area (Å²) in [4.78, 5) is 17.4. The summed E-state index contributed by atoms with van der Waals surface area (Å²) in [7, 11) is -3.64. The number of amides is 1. The average molecular weight is 464 g/mol. The fourth-order valence-corrected chi connectivity index (χ4v) is 5.36. The maximum atomic E-state index is 13.4. The average Bonchev–Trinajstić information content (AvgIpc) is 2.73. The first kappa shape index (κ1) is 23.4. The van der Waals surface area contributed by atoms with Crippen LogP contribution < -0.4 is 9.21 Å². The van der Waals surface area contributed by atoms with Crippen LogP contribution >= 0.6 is 11.6 Å². The number of hydrogen-bond donors (Lipinski definition) is 0. The van der Waals surface area contributed by atoms with Crippen LogP contribution in [-0.4, -0.2) is 57.7 Å². The van der Waals surface area contributed by atoms with E-state index in [0.717, 1.165) is 23.1 Å². The summed E-state index contributed by atoms with van der Waals surface area (Å²) in [6.07, 6.45) is 1.56. The van der Waals surface area contributed by atoms with Gasteiger partial charge in [0.05, 0.1) is 11.9 Å². The molecule has 0 spiro atoms. The quantitative estimate of drug-likeness (QED) is 0.652. The van der Waals surface area contributed by atoms with Crippen molar-refractivity contribution in [2.24, 2.45) is 0 Å². The SMILES string of the molecule is CCC(C(=O)N1CCN(c2cccc(Cl)c2)CC1)N(c1ccc(C)c(C)c1)S(C)(=O)=O. The second-order valence-electron chi connectivity index (χ2n) is 8.04. The number of aryl methyl sites for hydroxylation is 2. The molecule has 0 aromatic heterocycles. The Labute approximate surface area is 190 Å². The maximum absolute atomic E-state index is 13.4. The molecule has 31 heavy (non-hydrogen) atoms. The third-order valence-corrected chi connectivity index (χ3v) is 7.24. The van der Waals surface area contributed by atoms with Crippen LogP contribution in [0.5, 0.6) is 0 Å². The molecule has 2 aromatic rings. The van der Waals surface area contributed by atoms with Crippen LogP contribution in [0.1, 0.15) is 24.5 Å². The Kier molecular flexibility index (Phi) is 7.17. The van der Waals surface area contributed by atoms with E-state index < -0.39 is 16.1 Å². The highest BCUT2D eigenvalue weighted by Crippen LogP contribution is 2.27. The van der Waals surface area contributed by atoms with Crippen molar-refractivity contribution in [3.63, 3.8) is 0 Å². The molecule has 168 valence electrons. The summed E-state index contributed by atoms with van der Waals surface area (Å²) in [5.41, 5.74) is 3.63. The molecule has 0 bridgehead atoms. The van der Waals surface area contributed by atoms with E-state index in [2.05, 4.69) is 4.90 Å². The number of halogens is 1. The molecule has 1 saturated heterocycles. The first-order chi connectivity index (χ1) is 14.6. The molecule has 1 amide bonds. The Morgan fingerprint density at radius 2 is 1.74 bits per heavy atom. The van der Waals surface area contributed by atoms with Crippen LogP contribution in [0.4, 0.5) is 11.4 Å². The minimum atomic E-state index is -3.64. The van der Waals surface area contributed by atoms with Crippen molar-refractivity contribution in [1.82, 2.24) is 4.90 Å². The van der Waals surface area contributed by atoms with E-state index in [1.54, 1.807) is 11.0 Å². The van der Waals surface area contributed by atoms with Gasteiger partial charge in [0.2, 0.25) is 15.9 Å². The van der Waals surface area contributed by atoms with Gasteiger partial charge in [-0.1, -0.05) is 30.7 Å². The number of rotatable bonds is 6. The van der Waals surface area contributed by atoms with Crippen LogP contribution in [-0.2, 0) is 14.8 Å². The minimum Gasteiger partial charge on any atom is -0.368 e. The van der Waals surface area contributed by atoms with Gasteiger partial charge in [0.15, 0.2) is 0 Å². The van der Waals surface area contributed by atoms with Crippen molar-refractivity contribution < 1.29 is 13.2 Å². The summed E-state index contributed by atoms with van der Waals surface area (Å²) in [6, 6.07) is 12.4. The maximum Gasteiger partial charge on any atom is 0.246 e. The predicted octanol–water partition coefficient (Wildman–Crippen LogP) is 3.85. The Hall–Kier alpha value is -2.25. The molecule has 0 saturated carbocycles. The van der Waals surface area contributed by atoms with E-state index in [0.29, 0.717) is 43.3 Å². The molecular formula is C23H30ClN3O3S. The predicted molar refractivity (Wildman–Crippen MR) is 128 cm³/mol. The van der Waals surface area contributed by atoms with E-state index in [1.165, 1.54) is 4.31 Å². The van der Waals surface area contributed by atoms with E-state index in [9.17, 15) is 13.2 Å². The zero-order valence-electron chi connectivity index (χ0n) is 18.5. The molecule has 0 radical (unpaired) electrons. The van der Waals surface area contributed by atoms with Gasteiger partial charge in [-0.3, -0.25) is 9.10 Å². The molecule has 0 N–H and O–H groups in total. The van der Waals surface area contributed by atoms with Crippen molar-refractivity contribution in [2.75, 3.05) is 41.6 Å². The van der Waals surface area contributed by atoms with Gasteiger partial charge in [0.25, 0.3) is 0 Å². The second-order valence-corrected chi connectivity index (χ2v) is 10.3. The van der Waals surface area contributed by atoms with E-state index in [-0.39, 0.29) is 5.91 Å². The lowest BCUT2D eigenvalue weighted by atomic mass is 10.1. The second kappa shape index (κ2) is 9.49. The highest BCUT2D eigenvalue weighted by atomic mass is 35.5. The lowest BCUT2D eigenvalue weighted by Gasteiger charge is -2.39. The monoisotopic (exact) mass is 463 g/mol. The molecule has 8 heteroatoms. The normalized spacial score (nSPS) is 15.6. The minimum absolute atomic E-state index is 0.156. The van der Waals surface area contributed by atoms with E-state index >= 15 is 0 Å². The van der Waals surface area contributed by atoms with Gasteiger partial charge in [0.1, 0.15) is 6.04 Å². The topological polar surface area (TPSA) is 60.9 Å². The van der Waals surface area contributed by atoms with Crippen molar-refractivity contribution >= 4 is 38.9 Å². The zero-order chi connectivity index (χ0) is 22.8.